The lowest BCUT2D eigenvalue weighted by atomic mass is 10.1. The van der Waals surface area contributed by atoms with E-state index in [-0.39, 0.29) is 0 Å². The van der Waals surface area contributed by atoms with Gasteiger partial charge in [0.1, 0.15) is 0 Å². The van der Waals surface area contributed by atoms with E-state index in [1.54, 1.807) is 0 Å². The first kappa shape index (κ1) is 14.5. The molecule has 0 fully saturated rings. The van der Waals surface area contributed by atoms with Gasteiger partial charge in [0, 0.05) is 26.2 Å². The van der Waals surface area contributed by atoms with Crippen LogP contribution in [-0.4, -0.2) is 18.0 Å². The van der Waals surface area contributed by atoms with E-state index in [2.05, 4.69) is 60.0 Å². The summed E-state index contributed by atoms with van der Waals surface area (Å²) in [5.74, 6) is 0. The maximum absolute atomic E-state index is 5.68. The molecule has 0 aromatic heterocycles. The van der Waals surface area contributed by atoms with Crippen LogP contribution in [0.2, 0.25) is 0 Å². The van der Waals surface area contributed by atoms with Gasteiger partial charge in [0.25, 0.3) is 0 Å². The Morgan fingerprint density at radius 1 is 0.850 bits per heavy atom. The molecule has 104 valence electrons. The van der Waals surface area contributed by atoms with Crippen LogP contribution in [0.15, 0.2) is 72.8 Å². The lowest BCUT2D eigenvalue weighted by molar-refractivity contribution is 0.279. The standard InChI is InChI=1S/C18H22N2/c1-16(12-19)13-20(14-17-8-4-2-5-9-17)15-18-10-6-3-7-11-18/h2-11H,1,12-15,19H2. The minimum Gasteiger partial charge on any atom is -0.327 e. The van der Waals surface area contributed by atoms with Crippen molar-refractivity contribution in [1.29, 1.82) is 0 Å². The number of hydrogen-bond donors (Lipinski definition) is 1. The molecule has 0 saturated heterocycles. The van der Waals surface area contributed by atoms with Gasteiger partial charge in [-0.3, -0.25) is 4.90 Å². The normalized spacial score (nSPS) is 10.7. The van der Waals surface area contributed by atoms with E-state index in [4.69, 9.17) is 5.73 Å². The molecular formula is C18H22N2. The molecule has 2 nitrogen and oxygen atoms in total. The fourth-order valence-electron chi connectivity index (χ4n) is 2.23. The van der Waals surface area contributed by atoms with Gasteiger partial charge in [0.15, 0.2) is 0 Å². The second-order valence-corrected chi connectivity index (χ2v) is 5.07. The molecular weight excluding hydrogens is 244 g/mol. The van der Waals surface area contributed by atoms with Crippen molar-refractivity contribution in [2.24, 2.45) is 5.73 Å². The van der Waals surface area contributed by atoms with Gasteiger partial charge in [-0.1, -0.05) is 67.2 Å². The summed E-state index contributed by atoms with van der Waals surface area (Å²) in [5.41, 5.74) is 9.37. The Labute approximate surface area is 121 Å². The zero-order valence-corrected chi connectivity index (χ0v) is 11.8. The molecule has 0 aliphatic rings. The molecule has 2 aromatic rings. The molecule has 0 amide bonds. The number of benzene rings is 2. The van der Waals surface area contributed by atoms with Crippen LogP contribution in [0.25, 0.3) is 0 Å². The van der Waals surface area contributed by atoms with Crippen molar-refractivity contribution in [3.05, 3.63) is 83.9 Å². The average Bonchev–Trinajstić information content (AvgIpc) is 2.49. The van der Waals surface area contributed by atoms with Crippen LogP contribution in [0.4, 0.5) is 0 Å². The molecule has 0 unspecified atom stereocenters. The van der Waals surface area contributed by atoms with Gasteiger partial charge in [-0.15, -0.1) is 0 Å². The third kappa shape index (κ3) is 4.65. The number of nitrogens with zero attached hydrogens (tertiary/aromatic N) is 1. The van der Waals surface area contributed by atoms with Crippen LogP contribution >= 0.6 is 0 Å². The molecule has 2 N–H and O–H groups in total. The van der Waals surface area contributed by atoms with Crippen LogP contribution in [0, 0.1) is 0 Å². The first-order chi connectivity index (χ1) is 9.78. The summed E-state index contributed by atoms with van der Waals surface area (Å²) in [6.07, 6.45) is 0. The largest absolute Gasteiger partial charge is 0.327 e. The smallest absolute Gasteiger partial charge is 0.0240 e. The minimum atomic E-state index is 0.542. The highest BCUT2D eigenvalue weighted by Crippen LogP contribution is 2.11. The third-order valence-corrected chi connectivity index (χ3v) is 3.23. The fraction of sp³-hybridized carbons (Fsp3) is 0.222. The Kier molecular flexibility index (Phi) is 5.54. The number of nitrogens with two attached hydrogens (primary N) is 1. The highest BCUT2D eigenvalue weighted by Gasteiger charge is 2.08. The molecule has 0 aliphatic carbocycles. The van der Waals surface area contributed by atoms with Crippen molar-refractivity contribution in [2.75, 3.05) is 13.1 Å². The zero-order chi connectivity index (χ0) is 14.2. The van der Waals surface area contributed by atoms with Gasteiger partial charge in [0.05, 0.1) is 0 Å². The summed E-state index contributed by atoms with van der Waals surface area (Å²) < 4.78 is 0. The number of hydrogen-bond acceptors (Lipinski definition) is 2. The topological polar surface area (TPSA) is 29.3 Å². The quantitative estimate of drug-likeness (QED) is 0.780. The van der Waals surface area contributed by atoms with Gasteiger partial charge in [-0.25, -0.2) is 0 Å². The fourth-order valence-corrected chi connectivity index (χ4v) is 2.23. The van der Waals surface area contributed by atoms with Crippen LogP contribution in [0.1, 0.15) is 11.1 Å². The molecule has 0 radical (unpaired) electrons. The van der Waals surface area contributed by atoms with Crippen LogP contribution in [0.3, 0.4) is 0 Å². The molecule has 20 heavy (non-hydrogen) atoms. The van der Waals surface area contributed by atoms with Gasteiger partial charge >= 0.3 is 0 Å². The van der Waals surface area contributed by atoms with Crippen molar-refractivity contribution in [3.63, 3.8) is 0 Å². The highest BCUT2D eigenvalue weighted by molar-refractivity contribution is 5.17. The molecule has 0 saturated carbocycles. The average molecular weight is 266 g/mol. The molecule has 0 spiro atoms. The summed E-state index contributed by atoms with van der Waals surface area (Å²) in [6.45, 7) is 7.23. The SMILES string of the molecule is C=C(CN)CN(Cc1ccccc1)Cc1ccccc1. The molecule has 0 bridgehead atoms. The summed E-state index contributed by atoms with van der Waals surface area (Å²) in [6, 6.07) is 21.0. The summed E-state index contributed by atoms with van der Waals surface area (Å²) >= 11 is 0. The van der Waals surface area contributed by atoms with E-state index in [1.807, 2.05) is 12.1 Å². The lowest BCUT2D eigenvalue weighted by Gasteiger charge is -2.23. The van der Waals surface area contributed by atoms with Gasteiger partial charge in [-0.05, 0) is 16.7 Å². The highest BCUT2D eigenvalue weighted by atomic mass is 15.1. The molecule has 2 rings (SSSR count). The Bertz CT molecular complexity index is 478. The van der Waals surface area contributed by atoms with E-state index in [0.717, 1.165) is 25.2 Å². The predicted octanol–water partition coefficient (Wildman–Crippen LogP) is 3.20. The van der Waals surface area contributed by atoms with Crippen molar-refractivity contribution in [3.8, 4) is 0 Å². The third-order valence-electron chi connectivity index (χ3n) is 3.23. The molecule has 0 heterocycles. The van der Waals surface area contributed by atoms with Crippen LogP contribution in [0.5, 0.6) is 0 Å². The van der Waals surface area contributed by atoms with E-state index in [1.165, 1.54) is 11.1 Å². The predicted molar refractivity (Wildman–Crippen MR) is 85.2 cm³/mol. The molecule has 2 heteroatoms. The van der Waals surface area contributed by atoms with E-state index < -0.39 is 0 Å². The first-order valence-corrected chi connectivity index (χ1v) is 6.95. The Hall–Kier alpha value is -1.90. The zero-order valence-electron chi connectivity index (χ0n) is 11.8. The van der Waals surface area contributed by atoms with Crippen molar-refractivity contribution < 1.29 is 0 Å². The Balaban J connectivity index is 2.06. The Morgan fingerprint density at radius 3 is 1.70 bits per heavy atom. The van der Waals surface area contributed by atoms with Gasteiger partial charge in [0.2, 0.25) is 0 Å². The van der Waals surface area contributed by atoms with E-state index in [9.17, 15) is 0 Å². The van der Waals surface area contributed by atoms with Crippen molar-refractivity contribution >= 4 is 0 Å². The summed E-state index contributed by atoms with van der Waals surface area (Å²) in [4.78, 5) is 2.37. The number of rotatable bonds is 7. The first-order valence-electron chi connectivity index (χ1n) is 6.95. The summed E-state index contributed by atoms with van der Waals surface area (Å²) in [7, 11) is 0. The van der Waals surface area contributed by atoms with E-state index >= 15 is 0 Å². The maximum atomic E-state index is 5.68. The molecule has 0 atom stereocenters. The Morgan fingerprint density at radius 2 is 1.30 bits per heavy atom. The maximum Gasteiger partial charge on any atom is 0.0240 e. The molecule has 2 aromatic carbocycles. The van der Waals surface area contributed by atoms with E-state index in [0.29, 0.717) is 6.54 Å². The van der Waals surface area contributed by atoms with Crippen molar-refractivity contribution in [2.45, 2.75) is 13.1 Å². The minimum absolute atomic E-state index is 0.542. The second-order valence-electron chi connectivity index (χ2n) is 5.07. The van der Waals surface area contributed by atoms with Gasteiger partial charge in [-0.2, -0.15) is 0 Å². The lowest BCUT2D eigenvalue weighted by Crippen LogP contribution is -2.27. The van der Waals surface area contributed by atoms with Crippen LogP contribution < -0.4 is 5.73 Å². The summed E-state index contributed by atoms with van der Waals surface area (Å²) in [5, 5.41) is 0. The monoisotopic (exact) mass is 266 g/mol. The molecule has 0 aliphatic heterocycles. The van der Waals surface area contributed by atoms with Crippen molar-refractivity contribution in [1.82, 2.24) is 4.90 Å². The van der Waals surface area contributed by atoms with Crippen LogP contribution in [-0.2, 0) is 13.1 Å². The van der Waals surface area contributed by atoms with Gasteiger partial charge < -0.3 is 5.73 Å². The second kappa shape index (κ2) is 7.63.